The molecule has 112 valence electrons. The topological polar surface area (TPSA) is 70.4 Å². The highest BCUT2D eigenvalue weighted by molar-refractivity contribution is 9.10. The van der Waals surface area contributed by atoms with Crippen LogP contribution in [0.5, 0.6) is 0 Å². The van der Waals surface area contributed by atoms with Crippen LogP contribution in [0, 0.1) is 0 Å². The van der Waals surface area contributed by atoms with Gasteiger partial charge in [0, 0.05) is 22.3 Å². The quantitative estimate of drug-likeness (QED) is 0.606. The second-order valence-corrected chi connectivity index (χ2v) is 5.44. The van der Waals surface area contributed by atoms with Crippen molar-refractivity contribution in [1.82, 2.24) is 9.55 Å². The largest absolute Gasteiger partial charge is 0.469 e. The first kappa shape index (κ1) is 15.8. The number of esters is 2. The van der Waals surface area contributed by atoms with Gasteiger partial charge in [-0.25, -0.2) is 4.98 Å². The first-order chi connectivity index (χ1) is 9.97. The lowest BCUT2D eigenvalue weighted by Crippen LogP contribution is -2.11. The number of fused-ring (bicyclic) bond motifs is 1. The van der Waals surface area contributed by atoms with Crippen molar-refractivity contribution in [3.8, 4) is 0 Å². The second-order valence-electron chi connectivity index (χ2n) is 4.23. The maximum absolute atomic E-state index is 11.5. The number of halogens is 2. The van der Waals surface area contributed by atoms with Crippen molar-refractivity contribution < 1.29 is 19.1 Å². The number of nitrogens with zero attached hydrogens (tertiary/aromatic N) is 2. The second kappa shape index (κ2) is 6.44. The molecule has 0 atom stereocenters. The smallest absolute Gasteiger partial charge is 0.325 e. The fourth-order valence-corrected chi connectivity index (χ4v) is 2.83. The average Bonchev–Trinajstić information content (AvgIpc) is 2.82. The third-order valence-corrected chi connectivity index (χ3v) is 3.85. The van der Waals surface area contributed by atoms with Crippen LogP contribution in [0.4, 0.5) is 0 Å². The maximum Gasteiger partial charge on any atom is 0.325 e. The fraction of sp³-hybridized carbons (Fsp3) is 0.308. The van der Waals surface area contributed by atoms with Crippen LogP contribution >= 0.6 is 27.5 Å². The standard InChI is InChI=1S/C13H12BrClN2O4/c1-20-9(18)3-7-5-17(6-10(19)21-2)12-11(7)8(14)4-16-13(12)15/h4-5H,3,6H2,1-2H3. The van der Waals surface area contributed by atoms with Gasteiger partial charge in [0.1, 0.15) is 6.54 Å². The van der Waals surface area contributed by atoms with Gasteiger partial charge in [0.15, 0.2) is 5.15 Å². The number of pyridine rings is 1. The molecule has 0 bridgehead atoms. The van der Waals surface area contributed by atoms with Crippen LogP contribution in [0.2, 0.25) is 5.15 Å². The van der Waals surface area contributed by atoms with Crippen LogP contribution in [-0.4, -0.2) is 35.7 Å². The molecule has 2 rings (SSSR count). The Hall–Kier alpha value is -1.60. The summed E-state index contributed by atoms with van der Waals surface area (Å²) in [6.07, 6.45) is 3.30. The average molecular weight is 376 g/mol. The van der Waals surface area contributed by atoms with Crippen LogP contribution in [0.25, 0.3) is 10.9 Å². The van der Waals surface area contributed by atoms with Gasteiger partial charge in [0.25, 0.3) is 0 Å². The summed E-state index contributed by atoms with van der Waals surface area (Å²) >= 11 is 9.51. The van der Waals surface area contributed by atoms with Crippen molar-refractivity contribution in [2.24, 2.45) is 0 Å². The molecule has 2 heterocycles. The molecule has 0 fully saturated rings. The zero-order valence-corrected chi connectivity index (χ0v) is 13.7. The van der Waals surface area contributed by atoms with E-state index in [1.54, 1.807) is 17.0 Å². The van der Waals surface area contributed by atoms with Crippen molar-refractivity contribution in [1.29, 1.82) is 0 Å². The molecule has 0 aliphatic rings. The fourth-order valence-electron chi connectivity index (χ4n) is 2.03. The van der Waals surface area contributed by atoms with Crippen LogP contribution in [0.3, 0.4) is 0 Å². The van der Waals surface area contributed by atoms with Crippen LogP contribution in [0.1, 0.15) is 5.56 Å². The van der Waals surface area contributed by atoms with E-state index in [2.05, 4.69) is 30.4 Å². The molecule has 6 nitrogen and oxygen atoms in total. The van der Waals surface area contributed by atoms with Crippen molar-refractivity contribution in [2.45, 2.75) is 13.0 Å². The lowest BCUT2D eigenvalue weighted by molar-refractivity contribution is -0.141. The molecule has 0 N–H and O–H groups in total. The van der Waals surface area contributed by atoms with E-state index in [1.165, 1.54) is 14.2 Å². The Kier molecular flexibility index (Phi) is 4.84. The van der Waals surface area contributed by atoms with Gasteiger partial charge in [0.2, 0.25) is 0 Å². The van der Waals surface area contributed by atoms with Crippen LogP contribution in [-0.2, 0) is 32.0 Å². The number of hydrogen-bond donors (Lipinski definition) is 0. The van der Waals surface area contributed by atoms with Gasteiger partial charge in [-0.15, -0.1) is 0 Å². The molecule has 0 aliphatic carbocycles. The molecular formula is C13H12BrClN2O4. The number of aromatic nitrogens is 2. The van der Waals surface area contributed by atoms with E-state index >= 15 is 0 Å². The maximum atomic E-state index is 11.5. The van der Waals surface area contributed by atoms with E-state index in [9.17, 15) is 9.59 Å². The molecule has 0 spiro atoms. The summed E-state index contributed by atoms with van der Waals surface area (Å²) in [5, 5.41) is 0.970. The number of methoxy groups -OCH3 is 2. The number of carbonyl (C=O) groups is 2. The van der Waals surface area contributed by atoms with E-state index in [-0.39, 0.29) is 24.1 Å². The van der Waals surface area contributed by atoms with Crippen molar-refractivity contribution in [3.05, 3.63) is 27.6 Å². The van der Waals surface area contributed by atoms with Gasteiger partial charge in [-0.3, -0.25) is 9.59 Å². The van der Waals surface area contributed by atoms with E-state index in [1.807, 2.05) is 0 Å². The Balaban J connectivity index is 2.61. The lowest BCUT2D eigenvalue weighted by atomic mass is 10.1. The summed E-state index contributed by atoms with van der Waals surface area (Å²) in [5.74, 6) is -0.806. The number of carbonyl (C=O) groups excluding carboxylic acids is 2. The summed E-state index contributed by atoms with van der Waals surface area (Å²) in [7, 11) is 2.62. The van der Waals surface area contributed by atoms with Gasteiger partial charge in [-0.1, -0.05) is 11.6 Å². The highest BCUT2D eigenvalue weighted by Crippen LogP contribution is 2.33. The Labute approximate surface area is 134 Å². The summed E-state index contributed by atoms with van der Waals surface area (Å²) in [4.78, 5) is 27.1. The predicted octanol–water partition coefficient (Wildman–Crippen LogP) is 2.34. The minimum absolute atomic E-state index is 0.0218. The van der Waals surface area contributed by atoms with Crippen LogP contribution in [0.15, 0.2) is 16.9 Å². The minimum atomic E-state index is -0.424. The van der Waals surface area contributed by atoms with Gasteiger partial charge in [-0.2, -0.15) is 0 Å². The SMILES string of the molecule is COC(=O)Cc1cn(CC(=O)OC)c2c(Cl)ncc(Br)c12. The lowest BCUT2D eigenvalue weighted by Gasteiger charge is -2.05. The van der Waals surface area contributed by atoms with Crippen molar-refractivity contribution >= 4 is 50.4 Å². The molecule has 0 saturated heterocycles. The number of hydrogen-bond acceptors (Lipinski definition) is 5. The van der Waals surface area contributed by atoms with E-state index in [0.717, 1.165) is 5.39 Å². The summed E-state index contributed by atoms with van der Waals surface area (Å²) in [6.45, 7) is -0.0218. The molecule has 0 aliphatic heterocycles. The van der Waals surface area contributed by atoms with E-state index in [0.29, 0.717) is 15.6 Å². The Bertz CT molecular complexity index is 656. The normalized spacial score (nSPS) is 10.7. The van der Waals surface area contributed by atoms with E-state index in [4.69, 9.17) is 11.6 Å². The number of rotatable bonds is 4. The van der Waals surface area contributed by atoms with Gasteiger partial charge in [-0.05, 0) is 21.5 Å². The summed E-state index contributed by atoms with van der Waals surface area (Å²) in [6, 6.07) is 0. The molecule has 8 heteroatoms. The molecule has 0 amide bonds. The molecule has 0 saturated carbocycles. The monoisotopic (exact) mass is 374 g/mol. The Morgan fingerprint density at radius 3 is 2.62 bits per heavy atom. The van der Waals surface area contributed by atoms with Crippen molar-refractivity contribution in [3.63, 3.8) is 0 Å². The Morgan fingerprint density at radius 2 is 2.00 bits per heavy atom. The van der Waals surface area contributed by atoms with E-state index < -0.39 is 5.97 Å². The number of ether oxygens (including phenoxy) is 2. The minimum Gasteiger partial charge on any atom is -0.469 e. The predicted molar refractivity (Wildman–Crippen MR) is 80.2 cm³/mol. The zero-order chi connectivity index (χ0) is 15.6. The van der Waals surface area contributed by atoms with Crippen molar-refractivity contribution in [2.75, 3.05) is 14.2 Å². The zero-order valence-electron chi connectivity index (χ0n) is 11.4. The first-order valence-corrected chi connectivity index (χ1v) is 7.10. The molecule has 0 radical (unpaired) electrons. The molecule has 0 aromatic carbocycles. The molecule has 2 aromatic heterocycles. The Morgan fingerprint density at radius 1 is 1.33 bits per heavy atom. The summed E-state index contributed by atoms with van der Waals surface area (Å²) < 4.78 is 11.6. The highest BCUT2D eigenvalue weighted by atomic mass is 79.9. The molecular weight excluding hydrogens is 364 g/mol. The summed E-state index contributed by atoms with van der Waals surface area (Å²) in [5.41, 5.74) is 1.26. The highest BCUT2D eigenvalue weighted by Gasteiger charge is 2.19. The van der Waals surface area contributed by atoms with Gasteiger partial charge in [0.05, 0.1) is 26.2 Å². The molecule has 21 heavy (non-hydrogen) atoms. The van der Waals surface area contributed by atoms with Gasteiger partial charge < -0.3 is 14.0 Å². The molecule has 2 aromatic rings. The third-order valence-electron chi connectivity index (χ3n) is 2.97. The van der Waals surface area contributed by atoms with Gasteiger partial charge >= 0.3 is 11.9 Å². The third kappa shape index (κ3) is 3.19. The first-order valence-electron chi connectivity index (χ1n) is 5.93. The molecule has 0 unspecified atom stereocenters. The van der Waals surface area contributed by atoms with Crippen LogP contribution < -0.4 is 0 Å².